The van der Waals surface area contributed by atoms with Crippen LogP contribution in [-0.2, 0) is 0 Å². The van der Waals surface area contributed by atoms with Gasteiger partial charge in [0.2, 0.25) is 0 Å². The van der Waals surface area contributed by atoms with Gasteiger partial charge in [-0.15, -0.1) is 0 Å². The first kappa shape index (κ1) is 17.4. The van der Waals surface area contributed by atoms with Crippen LogP contribution < -0.4 is 4.90 Å². The van der Waals surface area contributed by atoms with Gasteiger partial charge in [-0.1, -0.05) is 18.2 Å². The van der Waals surface area contributed by atoms with Gasteiger partial charge in [0, 0.05) is 43.9 Å². The number of piperazine rings is 1. The molecule has 1 saturated heterocycles. The highest BCUT2D eigenvalue weighted by Crippen LogP contribution is 2.26. The Morgan fingerprint density at radius 3 is 2.46 bits per heavy atom. The van der Waals surface area contributed by atoms with E-state index in [1.54, 1.807) is 11.0 Å². The molecule has 2 aromatic rings. The first-order valence-corrected chi connectivity index (χ1v) is 8.29. The zero-order valence-electron chi connectivity index (χ0n) is 14.4. The van der Waals surface area contributed by atoms with Crippen LogP contribution in [0.25, 0.3) is 0 Å². The van der Waals surface area contributed by atoms with E-state index in [4.69, 9.17) is 0 Å². The summed E-state index contributed by atoms with van der Waals surface area (Å²) >= 11 is 0. The van der Waals surface area contributed by atoms with Crippen molar-refractivity contribution in [3.05, 3.63) is 69.3 Å². The van der Waals surface area contributed by atoms with Crippen molar-refractivity contribution in [3.8, 4) is 6.07 Å². The van der Waals surface area contributed by atoms with Gasteiger partial charge in [0.05, 0.1) is 16.2 Å². The lowest BCUT2D eigenvalue weighted by molar-refractivity contribution is -0.384. The lowest BCUT2D eigenvalue weighted by Crippen LogP contribution is -2.49. The Balaban J connectivity index is 1.73. The molecule has 26 heavy (non-hydrogen) atoms. The zero-order valence-corrected chi connectivity index (χ0v) is 14.4. The second-order valence-corrected chi connectivity index (χ2v) is 6.16. The summed E-state index contributed by atoms with van der Waals surface area (Å²) in [5.74, 6) is 0.00644. The van der Waals surface area contributed by atoms with Crippen molar-refractivity contribution < 1.29 is 9.72 Å². The quantitative estimate of drug-likeness (QED) is 0.627. The maximum atomic E-state index is 12.7. The molecule has 0 saturated carbocycles. The summed E-state index contributed by atoms with van der Waals surface area (Å²) in [5.41, 5.74) is 2.49. The topological polar surface area (TPSA) is 90.5 Å². The Morgan fingerprint density at radius 2 is 1.85 bits per heavy atom. The predicted molar refractivity (Wildman–Crippen MR) is 97.1 cm³/mol. The van der Waals surface area contributed by atoms with E-state index in [0.717, 1.165) is 5.56 Å². The standard InChI is InChI=1S/C19H18N4O3/c1-14-4-2-3-5-17(14)19(24)22-10-8-21(9-11-22)18-7-6-16(23(25)26)12-15(18)13-20/h2-7,12H,8-11H2,1H3. The molecular weight excluding hydrogens is 332 g/mol. The number of aryl methyl sites for hydroxylation is 1. The highest BCUT2D eigenvalue weighted by Gasteiger charge is 2.25. The summed E-state index contributed by atoms with van der Waals surface area (Å²) in [7, 11) is 0. The number of non-ortho nitro benzene ring substituents is 1. The number of nitrogens with zero attached hydrogens (tertiary/aromatic N) is 4. The minimum absolute atomic E-state index is 0.00644. The van der Waals surface area contributed by atoms with Gasteiger partial charge in [-0.2, -0.15) is 5.26 Å². The molecule has 1 aliphatic rings. The van der Waals surface area contributed by atoms with Crippen molar-refractivity contribution in [3.63, 3.8) is 0 Å². The molecule has 1 amide bonds. The van der Waals surface area contributed by atoms with Crippen LogP contribution in [0.4, 0.5) is 11.4 Å². The van der Waals surface area contributed by atoms with Crippen molar-refractivity contribution in [1.82, 2.24) is 4.90 Å². The number of nitro groups is 1. The number of carbonyl (C=O) groups excluding carboxylic acids is 1. The van der Waals surface area contributed by atoms with Crippen LogP contribution in [0.15, 0.2) is 42.5 Å². The van der Waals surface area contributed by atoms with Gasteiger partial charge in [-0.3, -0.25) is 14.9 Å². The summed E-state index contributed by atoms with van der Waals surface area (Å²) in [6, 6.07) is 13.8. The van der Waals surface area contributed by atoms with E-state index in [0.29, 0.717) is 37.4 Å². The average molecular weight is 350 g/mol. The molecule has 2 aromatic carbocycles. The fourth-order valence-electron chi connectivity index (χ4n) is 3.14. The molecule has 7 nitrogen and oxygen atoms in total. The fourth-order valence-corrected chi connectivity index (χ4v) is 3.14. The molecule has 0 N–H and O–H groups in total. The first-order valence-electron chi connectivity index (χ1n) is 8.29. The Bertz CT molecular complexity index is 896. The Morgan fingerprint density at radius 1 is 1.15 bits per heavy atom. The molecule has 0 bridgehead atoms. The van der Waals surface area contributed by atoms with Crippen LogP contribution in [0, 0.1) is 28.4 Å². The Kier molecular flexibility index (Phi) is 4.85. The number of carbonyl (C=O) groups is 1. The van der Waals surface area contributed by atoms with Crippen LogP contribution in [0.5, 0.6) is 0 Å². The molecule has 1 heterocycles. The van der Waals surface area contributed by atoms with Crippen molar-refractivity contribution in [2.45, 2.75) is 6.92 Å². The SMILES string of the molecule is Cc1ccccc1C(=O)N1CCN(c2ccc([N+](=O)[O-])cc2C#N)CC1. The number of rotatable bonds is 3. The van der Waals surface area contributed by atoms with Gasteiger partial charge >= 0.3 is 0 Å². The summed E-state index contributed by atoms with van der Waals surface area (Å²) in [6.07, 6.45) is 0. The van der Waals surface area contributed by atoms with E-state index >= 15 is 0 Å². The smallest absolute Gasteiger partial charge is 0.270 e. The van der Waals surface area contributed by atoms with Crippen LogP contribution in [-0.4, -0.2) is 41.9 Å². The molecule has 0 atom stereocenters. The van der Waals surface area contributed by atoms with Crippen molar-refractivity contribution in [1.29, 1.82) is 5.26 Å². The van der Waals surface area contributed by atoms with Crippen LogP contribution in [0.1, 0.15) is 21.5 Å². The van der Waals surface area contributed by atoms with Crippen LogP contribution in [0.2, 0.25) is 0 Å². The third-order valence-corrected chi connectivity index (χ3v) is 4.59. The third-order valence-electron chi connectivity index (χ3n) is 4.59. The fraction of sp³-hybridized carbons (Fsp3) is 0.263. The average Bonchev–Trinajstić information content (AvgIpc) is 2.67. The van der Waals surface area contributed by atoms with E-state index in [9.17, 15) is 20.2 Å². The number of nitro benzene ring substituents is 1. The highest BCUT2D eigenvalue weighted by atomic mass is 16.6. The normalized spacial score (nSPS) is 14.0. The number of nitriles is 1. The minimum Gasteiger partial charge on any atom is -0.367 e. The number of hydrogen-bond acceptors (Lipinski definition) is 5. The summed E-state index contributed by atoms with van der Waals surface area (Å²) in [4.78, 5) is 26.8. The molecule has 7 heteroatoms. The number of anilines is 1. The Labute approximate surface area is 151 Å². The third kappa shape index (κ3) is 3.35. The molecule has 0 aliphatic carbocycles. The van der Waals surface area contributed by atoms with E-state index < -0.39 is 4.92 Å². The van der Waals surface area contributed by atoms with Crippen LogP contribution >= 0.6 is 0 Å². The Hall–Kier alpha value is -3.40. The highest BCUT2D eigenvalue weighted by molar-refractivity contribution is 5.95. The van der Waals surface area contributed by atoms with Gasteiger partial charge in [0.1, 0.15) is 6.07 Å². The number of benzene rings is 2. The van der Waals surface area contributed by atoms with E-state index in [2.05, 4.69) is 0 Å². The molecule has 0 radical (unpaired) electrons. The van der Waals surface area contributed by atoms with Crippen LogP contribution in [0.3, 0.4) is 0 Å². The van der Waals surface area contributed by atoms with Gasteiger partial charge in [-0.25, -0.2) is 0 Å². The van der Waals surface area contributed by atoms with E-state index in [1.807, 2.05) is 42.2 Å². The maximum absolute atomic E-state index is 12.7. The largest absolute Gasteiger partial charge is 0.367 e. The van der Waals surface area contributed by atoms with Gasteiger partial charge in [-0.05, 0) is 24.6 Å². The molecular formula is C19H18N4O3. The van der Waals surface area contributed by atoms with Gasteiger partial charge in [0.15, 0.2) is 0 Å². The van der Waals surface area contributed by atoms with Crippen molar-refractivity contribution >= 4 is 17.3 Å². The lowest BCUT2D eigenvalue weighted by atomic mass is 10.1. The molecule has 132 valence electrons. The predicted octanol–water partition coefficient (Wildman–Crippen LogP) is 2.74. The monoisotopic (exact) mass is 350 g/mol. The maximum Gasteiger partial charge on any atom is 0.270 e. The van der Waals surface area contributed by atoms with Gasteiger partial charge < -0.3 is 9.80 Å². The lowest BCUT2D eigenvalue weighted by Gasteiger charge is -2.36. The summed E-state index contributed by atoms with van der Waals surface area (Å²) < 4.78 is 0. The number of hydrogen-bond donors (Lipinski definition) is 0. The molecule has 1 aliphatic heterocycles. The molecule has 3 rings (SSSR count). The number of amides is 1. The van der Waals surface area contributed by atoms with E-state index in [-0.39, 0.29) is 17.2 Å². The van der Waals surface area contributed by atoms with Crippen molar-refractivity contribution in [2.24, 2.45) is 0 Å². The zero-order chi connectivity index (χ0) is 18.7. The summed E-state index contributed by atoms with van der Waals surface area (Å²) in [5, 5.41) is 20.2. The molecule has 0 unspecified atom stereocenters. The second kappa shape index (κ2) is 7.23. The molecule has 0 spiro atoms. The molecule has 1 fully saturated rings. The second-order valence-electron chi connectivity index (χ2n) is 6.16. The van der Waals surface area contributed by atoms with Gasteiger partial charge in [0.25, 0.3) is 11.6 Å². The first-order chi connectivity index (χ1) is 12.5. The van der Waals surface area contributed by atoms with E-state index in [1.165, 1.54) is 12.1 Å². The minimum atomic E-state index is -0.510. The summed E-state index contributed by atoms with van der Waals surface area (Å²) in [6.45, 7) is 4.14. The van der Waals surface area contributed by atoms with Crippen molar-refractivity contribution in [2.75, 3.05) is 31.1 Å². The molecule has 0 aromatic heterocycles.